The first-order chi connectivity index (χ1) is 4.61. The van der Waals surface area contributed by atoms with E-state index in [0.29, 0.717) is 0 Å². The van der Waals surface area contributed by atoms with Gasteiger partial charge in [0.25, 0.3) is 0 Å². The first-order valence-corrected chi connectivity index (χ1v) is 4.29. The maximum Gasteiger partial charge on any atom is -0.0260 e. The molecule has 0 radical (unpaired) electrons. The Kier molecular flexibility index (Phi) is 2.18. The molecule has 1 saturated carbocycles. The third-order valence-electron chi connectivity index (χ3n) is 2.61. The number of allylic oxidation sites excluding steroid dienone is 2. The molecule has 0 heteroatoms. The molecular formula is C10H18. The third kappa shape index (κ3) is 1.42. The Bertz CT molecular complexity index is 143. The molecular weight excluding hydrogens is 120 g/mol. The predicted molar refractivity (Wildman–Crippen MR) is 45.9 cm³/mol. The normalized spacial score (nSPS) is 24.9. The summed E-state index contributed by atoms with van der Waals surface area (Å²) in [6.45, 7) is 9.18. The highest BCUT2D eigenvalue weighted by Gasteiger charge is 2.20. The molecule has 0 heterocycles. The van der Waals surface area contributed by atoms with E-state index in [1.54, 1.807) is 11.1 Å². The van der Waals surface area contributed by atoms with Gasteiger partial charge in [0.1, 0.15) is 0 Å². The summed E-state index contributed by atoms with van der Waals surface area (Å²) in [5.41, 5.74) is 3.36. The van der Waals surface area contributed by atoms with Gasteiger partial charge >= 0.3 is 0 Å². The molecule has 0 aromatic heterocycles. The molecule has 58 valence electrons. The minimum absolute atomic E-state index is 0.766. The molecule has 0 N–H and O–H groups in total. The molecule has 10 heavy (non-hydrogen) atoms. The molecule has 1 rings (SSSR count). The smallest absolute Gasteiger partial charge is 0.0260 e. The minimum atomic E-state index is 0.766. The monoisotopic (exact) mass is 138 g/mol. The van der Waals surface area contributed by atoms with Gasteiger partial charge in [-0.1, -0.05) is 31.9 Å². The minimum Gasteiger partial charge on any atom is -0.0715 e. The molecule has 0 aromatic carbocycles. The van der Waals surface area contributed by atoms with E-state index < -0.39 is 0 Å². The average Bonchev–Trinajstić information content (AvgIpc) is 1.79. The lowest BCUT2D eigenvalue weighted by atomic mass is 9.77. The second-order valence-electron chi connectivity index (χ2n) is 3.95. The molecule has 0 amide bonds. The van der Waals surface area contributed by atoms with Crippen molar-refractivity contribution in [2.24, 2.45) is 11.8 Å². The van der Waals surface area contributed by atoms with Gasteiger partial charge in [0.15, 0.2) is 0 Å². The van der Waals surface area contributed by atoms with Crippen molar-refractivity contribution in [2.45, 2.75) is 40.5 Å². The van der Waals surface area contributed by atoms with Crippen molar-refractivity contribution in [1.29, 1.82) is 0 Å². The number of hydrogen-bond donors (Lipinski definition) is 0. The fourth-order valence-corrected chi connectivity index (χ4v) is 1.51. The number of hydrogen-bond acceptors (Lipinski definition) is 0. The van der Waals surface area contributed by atoms with Crippen molar-refractivity contribution in [3.05, 3.63) is 11.1 Å². The highest BCUT2D eigenvalue weighted by Crippen LogP contribution is 2.36. The van der Waals surface area contributed by atoms with Crippen LogP contribution in [0.1, 0.15) is 40.5 Å². The van der Waals surface area contributed by atoms with Crippen LogP contribution < -0.4 is 0 Å². The maximum absolute atomic E-state index is 2.33. The molecule has 0 aromatic rings. The van der Waals surface area contributed by atoms with Crippen LogP contribution in [0.5, 0.6) is 0 Å². The Morgan fingerprint density at radius 3 is 2.20 bits per heavy atom. The van der Waals surface area contributed by atoms with Gasteiger partial charge in [-0.3, -0.25) is 0 Å². The zero-order chi connectivity index (χ0) is 7.72. The van der Waals surface area contributed by atoms with Crippen LogP contribution in [0.3, 0.4) is 0 Å². The van der Waals surface area contributed by atoms with Crippen molar-refractivity contribution in [2.75, 3.05) is 0 Å². The second-order valence-corrected chi connectivity index (χ2v) is 3.95. The van der Waals surface area contributed by atoms with Crippen molar-refractivity contribution in [3.63, 3.8) is 0 Å². The topological polar surface area (TPSA) is 0 Å². The number of rotatable bonds is 1. The van der Waals surface area contributed by atoms with Crippen molar-refractivity contribution in [1.82, 2.24) is 0 Å². The Morgan fingerprint density at radius 1 is 1.40 bits per heavy atom. The molecule has 0 spiro atoms. The summed E-state index contributed by atoms with van der Waals surface area (Å²) in [7, 11) is 0. The molecule has 0 aliphatic heterocycles. The van der Waals surface area contributed by atoms with E-state index in [1.807, 2.05) is 0 Å². The Hall–Kier alpha value is -0.260. The predicted octanol–water partition coefficient (Wildman–Crippen LogP) is 3.39. The SMILES string of the molecule is CC(=C1CC(C)C1)C(C)C. The molecule has 0 atom stereocenters. The van der Waals surface area contributed by atoms with E-state index in [1.165, 1.54) is 12.8 Å². The first-order valence-electron chi connectivity index (χ1n) is 4.29. The molecule has 0 unspecified atom stereocenters. The summed E-state index contributed by atoms with van der Waals surface area (Å²) in [6, 6.07) is 0. The molecule has 1 aliphatic rings. The van der Waals surface area contributed by atoms with Crippen LogP contribution in [0.4, 0.5) is 0 Å². The summed E-state index contributed by atoms with van der Waals surface area (Å²) in [6.07, 6.45) is 2.73. The molecule has 0 saturated heterocycles. The van der Waals surface area contributed by atoms with Gasteiger partial charge in [0.2, 0.25) is 0 Å². The quantitative estimate of drug-likeness (QED) is 0.487. The van der Waals surface area contributed by atoms with Crippen LogP contribution >= 0.6 is 0 Å². The highest BCUT2D eigenvalue weighted by molar-refractivity contribution is 5.20. The molecule has 1 aliphatic carbocycles. The standard InChI is InChI=1S/C10H18/c1-7(2)9(4)10-5-8(3)6-10/h7-8H,5-6H2,1-4H3. The Balaban J connectivity index is 2.53. The summed E-state index contributed by atoms with van der Waals surface area (Å²) in [5.74, 6) is 1.73. The Labute approximate surface area is 64.3 Å². The first kappa shape index (κ1) is 7.84. The fraction of sp³-hybridized carbons (Fsp3) is 0.800. The zero-order valence-corrected chi connectivity index (χ0v) is 7.57. The molecule has 1 fully saturated rings. The van der Waals surface area contributed by atoms with Gasteiger partial charge in [-0.05, 0) is 31.6 Å². The van der Waals surface area contributed by atoms with Crippen LogP contribution in [-0.2, 0) is 0 Å². The van der Waals surface area contributed by atoms with Gasteiger partial charge < -0.3 is 0 Å². The molecule has 0 bridgehead atoms. The second kappa shape index (κ2) is 2.77. The van der Waals surface area contributed by atoms with Crippen molar-refractivity contribution >= 4 is 0 Å². The van der Waals surface area contributed by atoms with Gasteiger partial charge in [0, 0.05) is 0 Å². The van der Waals surface area contributed by atoms with Crippen LogP contribution in [0.25, 0.3) is 0 Å². The summed E-state index contributed by atoms with van der Waals surface area (Å²) in [4.78, 5) is 0. The van der Waals surface area contributed by atoms with E-state index >= 15 is 0 Å². The zero-order valence-electron chi connectivity index (χ0n) is 7.57. The van der Waals surface area contributed by atoms with Crippen LogP contribution in [0.2, 0.25) is 0 Å². The summed E-state index contributed by atoms with van der Waals surface area (Å²) in [5, 5.41) is 0. The maximum atomic E-state index is 2.33. The molecule has 0 nitrogen and oxygen atoms in total. The lowest BCUT2D eigenvalue weighted by molar-refractivity contribution is 0.447. The van der Waals surface area contributed by atoms with Crippen LogP contribution in [-0.4, -0.2) is 0 Å². The van der Waals surface area contributed by atoms with E-state index in [-0.39, 0.29) is 0 Å². The third-order valence-corrected chi connectivity index (χ3v) is 2.61. The van der Waals surface area contributed by atoms with Gasteiger partial charge in [0.05, 0.1) is 0 Å². The largest absolute Gasteiger partial charge is 0.0715 e. The van der Waals surface area contributed by atoms with Crippen molar-refractivity contribution < 1.29 is 0 Å². The van der Waals surface area contributed by atoms with Gasteiger partial charge in [-0.2, -0.15) is 0 Å². The lowest BCUT2D eigenvalue weighted by Gasteiger charge is -2.29. The highest BCUT2D eigenvalue weighted by atomic mass is 14.3. The summed E-state index contributed by atoms with van der Waals surface area (Å²) >= 11 is 0. The fourth-order valence-electron chi connectivity index (χ4n) is 1.51. The van der Waals surface area contributed by atoms with E-state index in [2.05, 4.69) is 27.7 Å². The van der Waals surface area contributed by atoms with E-state index in [4.69, 9.17) is 0 Å². The van der Waals surface area contributed by atoms with E-state index in [0.717, 1.165) is 11.8 Å². The average molecular weight is 138 g/mol. The lowest BCUT2D eigenvalue weighted by Crippen LogP contribution is -2.13. The van der Waals surface area contributed by atoms with Gasteiger partial charge in [-0.25, -0.2) is 0 Å². The van der Waals surface area contributed by atoms with E-state index in [9.17, 15) is 0 Å². The Morgan fingerprint density at radius 2 is 1.90 bits per heavy atom. The van der Waals surface area contributed by atoms with Crippen molar-refractivity contribution in [3.8, 4) is 0 Å². The van der Waals surface area contributed by atoms with Crippen LogP contribution in [0.15, 0.2) is 11.1 Å². The summed E-state index contributed by atoms with van der Waals surface area (Å²) < 4.78 is 0. The van der Waals surface area contributed by atoms with Crippen LogP contribution in [0, 0.1) is 11.8 Å². The van der Waals surface area contributed by atoms with Gasteiger partial charge in [-0.15, -0.1) is 0 Å².